The predicted molar refractivity (Wildman–Crippen MR) is 73.4 cm³/mol. The second-order valence-electron chi connectivity index (χ2n) is 3.74. The number of hydrogen-bond acceptors (Lipinski definition) is 3. The van der Waals surface area contributed by atoms with Crippen molar-refractivity contribution < 1.29 is 9.90 Å². The van der Waals surface area contributed by atoms with Crippen molar-refractivity contribution in [3.8, 4) is 0 Å². The van der Waals surface area contributed by atoms with E-state index in [1.165, 1.54) is 0 Å². The first-order valence-electron chi connectivity index (χ1n) is 5.30. The minimum absolute atomic E-state index is 0.215. The largest absolute Gasteiger partial charge is 0.478 e. The Hall–Kier alpha value is -1.88. The SMILES string of the molecule is Cc1nc(Nc2ccccc2Br)ccc1C(=O)O. The number of aromatic carboxylic acids is 1. The van der Waals surface area contributed by atoms with Gasteiger partial charge in [-0.2, -0.15) is 0 Å². The van der Waals surface area contributed by atoms with Crippen LogP contribution in [0, 0.1) is 6.92 Å². The Morgan fingerprint density at radius 3 is 2.61 bits per heavy atom. The van der Waals surface area contributed by atoms with Gasteiger partial charge in [-0.05, 0) is 47.1 Å². The highest BCUT2D eigenvalue weighted by atomic mass is 79.9. The maximum Gasteiger partial charge on any atom is 0.337 e. The van der Waals surface area contributed by atoms with Crippen LogP contribution in [-0.4, -0.2) is 16.1 Å². The second-order valence-corrected chi connectivity index (χ2v) is 4.59. The first-order chi connectivity index (χ1) is 8.58. The molecule has 0 fully saturated rings. The first kappa shape index (κ1) is 12.6. The zero-order valence-corrected chi connectivity index (χ0v) is 11.2. The van der Waals surface area contributed by atoms with Crippen LogP contribution in [0.5, 0.6) is 0 Å². The summed E-state index contributed by atoms with van der Waals surface area (Å²) in [6.07, 6.45) is 0. The molecule has 0 aliphatic heterocycles. The van der Waals surface area contributed by atoms with Gasteiger partial charge in [-0.15, -0.1) is 0 Å². The van der Waals surface area contributed by atoms with E-state index in [9.17, 15) is 4.79 Å². The number of rotatable bonds is 3. The maximum absolute atomic E-state index is 10.9. The molecule has 2 N–H and O–H groups in total. The number of aromatic nitrogens is 1. The van der Waals surface area contributed by atoms with Gasteiger partial charge in [0.15, 0.2) is 0 Å². The molecule has 1 aromatic carbocycles. The molecule has 1 heterocycles. The number of para-hydroxylation sites is 1. The van der Waals surface area contributed by atoms with Crippen LogP contribution in [0.15, 0.2) is 40.9 Å². The lowest BCUT2D eigenvalue weighted by Crippen LogP contribution is -2.03. The molecule has 2 aromatic rings. The molecule has 0 unspecified atom stereocenters. The zero-order chi connectivity index (χ0) is 13.1. The predicted octanol–water partition coefficient (Wildman–Crippen LogP) is 3.59. The Balaban J connectivity index is 2.29. The molecular weight excluding hydrogens is 296 g/mol. The van der Waals surface area contributed by atoms with Crippen molar-refractivity contribution in [1.29, 1.82) is 0 Å². The molecule has 0 atom stereocenters. The second kappa shape index (κ2) is 5.18. The highest BCUT2D eigenvalue weighted by molar-refractivity contribution is 9.10. The molecule has 18 heavy (non-hydrogen) atoms. The molecule has 0 aliphatic rings. The summed E-state index contributed by atoms with van der Waals surface area (Å²) in [4.78, 5) is 15.1. The number of anilines is 2. The van der Waals surface area contributed by atoms with E-state index in [4.69, 9.17) is 5.11 Å². The Labute approximate surface area is 113 Å². The van der Waals surface area contributed by atoms with Gasteiger partial charge in [-0.3, -0.25) is 0 Å². The Bertz CT molecular complexity index is 599. The Kier molecular flexibility index (Phi) is 3.62. The Morgan fingerprint density at radius 1 is 1.28 bits per heavy atom. The number of aryl methyl sites for hydroxylation is 1. The fourth-order valence-corrected chi connectivity index (χ4v) is 1.94. The van der Waals surface area contributed by atoms with E-state index in [0.717, 1.165) is 10.2 Å². The summed E-state index contributed by atoms with van der Waals surface area (Å²) in [5.41, 5.74) is 1.58. The minimum Gasteiger partial charge on any atom is -0.478 e. The molecule has 4 nitrogen and oxygen atoms in total. The van der Waals surface area contributed by atoms with Gasteiger partial charge in [0.1, 0.15) is 5.82 Å². The molecule has 0 amide bonds. The lowest BCUT2D eigenvalue weighted by atomic mass is 10.2. The summed E-state index contributed by atoms with van der Waals surface area (Å²) < 4.78 is 0.923. The van der Waals surface area contributed by atoms with Crippen molar-refractivity contribution in [2.75, 3.05) is 5.32 Å². The van der Waals surface area contributed by atoms with Crippen LogP contribution in [0.4, 0.5) is 11.5 Å². The van der Waals surface area contributed by atoms with Crippen LogP contribution < -0.4 is 5.32 Å². The number of nitrogens with zero attached hydrogens (tertiary/aromatic N) is 1. The average molecular weight is 307 g/mol. The number of carbonyl (C=O) groups is 1. The highest BCUT2D eigenvalue weighted by Crippen LogP contribution is 2.24. The molecule has 5 heteroatoms. The van der Waals surface area contributed by atoms with Crippen LogP contribution in [0.2, 0.25) is 0 Å². The average Bonchev–Trinajstić information content (AvgIpc) is 2.32. The maximum atomic E-state index is 10.9. The minimum atomic E-state index is -0.965. The summed E-state index contributed by atoms with van der Waals surface area (Å²) >= 11 is 3.43. The van der Waals surface area contributed by atoms with Crippen LogP contribution in [0.3, 0.4) is 0 Å². The van der Waals surface area contributed by atoms with E-state index in [-0.39, 0.29) is 5.56 Å². The molecule has 0 bridgehead atoms. The van der Waals surface area contributed by atoms with Crippen molar-refractivity contribution in [1.82, 2.24) is 4.98 Å². The van der Waals surface area contributed by atoms with Crippen molar-refractivity contribution >= 4 is 33.4 Å². The van der Waals surface area contributed by atoms with Crippen molar-refractivity contribution in [2.45, 2.75) is 6.92 Å². The molecule has 0 aliphatic carbocycles. The fourth-order valence-electron chi connectivity index (χ4n) is 1.56. The smallest absolute Gasteiger partial charge is 0.337 e. The first-order valence-corrected chi connectivity index (χ1v) is 6.09. The molecule has 0 radical (unpaired) electrons. The zero-order valence-electron chi connectivity index (χ0n) is 9.64. The van der Waals surface area contributed by atoms with Gasteiger partial charge < -0.3 is 10.4 Å². The van der Waals surface area contributed by atoms with E-state index < -0.39 is 5.97 Å². The summed E-state index contributed by atoms with van der Waals surface area (Å²) in [7, 11) is 0. The molecule has 0 spiro atoms. The van der Waals surface area contributed by atoms with E-state index in [1.54, 1.807) is 19.1 Å². The van der Waals surface area contributed by atoms with Gasteiger partial charge in [-0.25, -0.2) is 9.78 Å². The fraction of sp³-hybridized carbons (Fsp3) is 0.0769. The van der Waals surface area contributed by atoms with Crippen LogP contribution in [0.25, 0.3) is 0 Å². The van der Waals surface area contributed by atoms with Crippen molar-refractivity contribution in [3.63, 3.8) is 0 Å². The number of pyridine rings is 1. The number of hydrogen-bond donors (Lipinski definition) is 2. The van der Waals surface area contributed by atoms with Gasteiger partial charge in [0.25, 0.3) is 0 Å². The summed E-state index contributed by atoms with van der Waals surface area (Å²) in [6, 6.07) is 10.8. The van der Waals surface area contributed by atoms with Crippen LogP contribution >= 0.6 is 15.9 Å². The van der Waals surface area contributed by atoms with Crippen molar-refractivity contribution in [2.24, 2.45) is 0 Å². The normalized spacial score (nSPS) is 10.1. The third-order valence-electron chi connectivity index (χ3n) is 2.45. The molecule has 0 saturated carbocycles. The molecule has 2 rings (SSSR count). The molecule has 0 saturated heterocycles. The number of carboxylic acid groups (broad SMARTS) is 1. The quantitative estimate of drug-likeness (QED) is 0.909. The standard InChI is InChI=1S/C13H11BrN2O2/c1-8-9(13(17)18)6-7-12(15-8)16-11-5-3-2-4-10(11)14/h2-7H,1H3,(H,15,16)(H,17,18). The monoisotopic (exact) mass is 306 g/mol. The lowest BCUT2D eigenvalue weighted by Gasteiger charge is -2.09. The number of halogens is 1. The van der Waals surface area contributed by atoms with E-state index >= 15 is 0 Å². The Morgan fingerprint density at radius 2 is 2.00 bits per heavy atom. The van der Waals surface area contributed by atoms with Gasteiger partial charge in [0.05, 0.1) is 16.9 Å². The summed E-state index contributed by atoms with van der Waals surface area (Å²) in [5, 5.41) is 12.1. The number of nitrogens with one attached hydrogen (secondary N) is 1. The molecule has 1 aromatic heterocycles. The van der Waals surface area contributed by atoms with Gasteiger partial charge >= 0.3 is 5.97 Å². The highest BCUT2D eigenvalue weighted by Gasteiger charge is 2.09. The van der Waals surface area contributed by atoms with Crippen LogP contribution in [0.1, 0.15) is 16.1 Å². The third kappa shape index (κ3) is 2.68. The van der Waals surface area contributed by atoms with Crippen molar-refractivity contribution in [3.05, 3.63) is 52.1 Å². The number of benzene rings is 1. The lowest BCUT2D eigenvalue weighted by molar-refractivity contribution is 0.0695. The summed E-state index contributed by atoms with van der Waals surface area (Å²) in [5.74, 6) is -0.350. The van der Waals surface area contributed by atoms with Crippen LogP contribution in [-0.2, 0) is 0 Å². The van der Waals surface area contributed by atoms with Gasteiger partial charge in [-0.1, -0.05) is 12.1 Å². The van der Waals surface area contributed by atoms with E-state index in [1.807, 2.05) is 24.3 Å². The van der Waals surface area contributed by atoms with E-state index in [2.05, 4.69) is 26.2 Å². The van der Waals surface area contributed by atoms with Gasteiger partial charge in [0.2, 0.25) is 0 Å². The molecular formula is C13H11BrN2O2. The van der Waals surface area contributed by atoms with Gasteiger partial charge in [0, 0.05) is 4.47 Å². The molecule has 92 valence electrons. The topological polar surface area (TPSA) is 62.2 Å². The summed E-state index contributed by atoms with van der Waals surface area (Å²) in [6.45, 7) is 1.68. The number of carboxylic acids is 1. The van der Waals surface area contributed by atoms with E-state index in [0.29, 0.717) is 11.5 Å². The third-order valence-corrected chi connectivity index (χ3v) is 3.14.